The van der Waals surface area contributed by atoms with Gasteiger partial charge in [0.25, 0.3) is 0 Å². The number of halogens is 2. The highest BCUT2D eigenvalue weighted by Crippen LogP contribution is 2.40. The number of hydrogen-bond acceptors (Lipinski definition) is 2. The van der Waals surface area contributed by atoms with Gasteiger partial charge in [0.05, 0.1) is 5.69 Å². The van der Waals surface area contributed by atoms with E-state index >= 15 is 0 Å². The number of anilines is 2. The van der Waals surface area contributed by atoms with Crippen LogP contribution in [0.3, 0.4) is 0 Å². The Bertz CT molecular complexity index is 425. The first-order valence-corrected chi connectivity index (χ1v) is 6.63. The summed E-state index contributed by atoms with van der Waals surface area (Å²) in [6.07, 6.45) is 0.982. The third kappa shape index (κ3) is 2.40. The van der Waals surface area contributed by atoms with Crippen molar-refractivity contribution in [2.24, 2.45) is 11.8 Å². The lowest BCUT2D eigenvalue weighted by atomic mass is 10.2. The molecule has 3 N–H and O–H groups in total. The fraction of sp³-hybridized carbons (Fsp3) is 0.364. The first kappa shape index (κ1) is 11.9. The maximum absolute atomic E-state index is 11.8. The zero-order valence-electron chi connectivity index (χ0n) is 8.76. The van der Waals surface area contributed by atoms with Gasteiger partial charge in [-0.1, -0.05) is 6.92 Å². The third-order valence-corrected chi connectivity index (χ3v) is 4.01. The summed E-state index contributed by atoms with van der Waals surface area (Å²) in [6, 6.07) is 3.55. The van der Waals surface area contributed by atoms with Crippen LogP contribution in [-0.2, 0) is 4.79 Å². The first-order valence-electron chi connectivity index (χ1n) is 5.04. The van der Waals surface area contributed by atoms with E-state index in [-0.39, 0.29) is 11.8 Å². The molecule has 0 aromatic heterocycles. The highest BCUT2D eigenvalue weighted by atomic mass is 79.9. The number of amides is 1. The fourth-order valence-electron chi connectivity index (χ4n) is 1.62. The summed E-state index contributed by atoms with van der Waals surface area (Å²) in [7, 11) is 0. The van der Waals surface area contributed by atoms with Crippen molar-refractivity contribution in [3.05, 3.63) is 21.1 Å². The molecule has 0 heterocycles. The topological polar surface area (TPSA) is 55.1 Å². The predicted octanol–water partition coefficient (Wildman–Crippen LogP) is 3.39. The second kappa shape index (κ2) is 4.37. The highest BCUT2D eigenvalue weighted by Gasteiger charge is 2.39. The molecule has 1 fully saturated rings. The van der Waals surface area contributed by atoms with Crippen LogP contribution in [0.1, 0.15) is 13.3 Å². The second-order valence-corrected chi connectivity index (χ2v) is 5.88. The molecule has 1 aliphatic rings. The van der Waals surface area contributed by atoms with Gasteiger partial charge in [-0.05, 0) is 56.3 Å². The van der Waals surface area contributed by atoms with Gasteiger partial charge in [0.1, 0.15) is 0 Å². The van der Waals surface area contributed by atoms with E-state index in [1.807, 2.05) is 0 Å². The number of benzene rings is 1. The molecule has 5 heteroatoms. The van der Waals surface area contributed by atoms with Crippen molar-refractivity contribution in [2.75, 3.05) is 11.1 Å². The summed E-state index contributed by atoms with van der Waals surface area (Å²) < 4.78 is 1.59. The molecule has 16 heavy (non-hydrogen) atoms. The quantitative estimate of drug-likeness (QED) is 0.805. The molecule has 2 unspecified atom stereocenters. The highest BCUT2D eigenvalue weighted by molar-refractivity contribution is 9.11. The zero-order valence-corrected chi connectivity index (χ0v) is 11.9. The third-order valence-electron chi connectivity index (χ3n) is 2.76. The minimum Gasteiger partial charge on any atom is -0.399 e. The summed E-state index contributed by atoms with van der Waals surface area (Å²) in [5.74, 6) is 0.751. The van der Waals surface area contributed by atoms with Gasteiger partial charge in [0, 0.05) is 20.6 Å². The van der Waals surface area contributed by atoms with Gasteiger partial charge in [0.2, 0.25) is 5.91 Å². The van der Waals surface area contributed by atoms with Crippen LogP contribution in [0.2, 0.25) is 0 Å². The van der Waals surface area contributed by atoms with E-state index in [0.29, 0.717) is 11.6 Å². The van der Waals surface area contributed by atoms with Crippen LogP contribution < -0.4 is 11.1 Å². The number of carbonyl (C=O) groups excluding carboxylic acids is 1. The van der Waals surface area contributed by atoms with Crippen LogP contribution in [0.15, 0.2) is 21.1 Å². The van der Waals surface area contributed by atoms with Crippen molar-refractivity contribution in [1.82, 2.24) is 0 Å². The fourth-order valence-corrected chi connectivity index (χ4v) is 3.04. The molecule has 1 aliphatic carbocycles. The lowest BCUT2D eigenvalue weighted by Gasteiger charge is -2.10. The molecule has 1 aromatic carbocycles. The van der Waals surface area contributed by atoms with E-state index in [0.717, 1.165) is 21.1 Å². The normalized spacial score (nSPS) is 22.9. The molecular weight excluding hydrogens is 336 g/mol. The molecule has 2 rings (SSSR count). The van der Waals surface area contributed by atoms with Crippen LogP contribution in [0, 0.1) is 11.8 Å². The number of rotatable bonds is 2. The molecule has 1 aromatic rings. The minimum atomic E-state index is 0.0821. The zero-order chi connectivity index (χ0) is 11.9. The van der Waals surface area contributed by atoms with Gasteiger partial charge in [-0.25, -0.2) is 0 Å². The number of carbonyl (C=O) groups is 1. The summed E-state index contributed by atoms with van der Waals surface area (Å²) in [6.45, 7) is 2.08. The largest absolute Gasteiger partial charge is 0.399 e. The maximum Gasteiger partial charge on any atom is 0.227 e. The SMILES string of the molecule is CC1CC1C(=O)Nc1c(Br)cc(N)cc1Br. The number of nitrogens with one attached hydrogen (secondary N) is 1. The van der Waals surface area contributed by atoms with Crippen LogP contribution in [-0.4, -0.2) is 5.91 Å². The Balaban J connectivity index is 2.18. The Morgan fingerprint density at radius 2 is 1.94 bits per heavy atom. The van der Waals surface area contributed by atoms with Crippen molar-refractivity contribution in [1.29, 1.82) is 0 Å². The minimum absolute atomic E-state index is 0.0821. The Morgan fingerprint density at radius 1 is 1.44 bits per heavy atom. The van der Waals surface area contributed by atoms with Gasteiger partial charge in [-0.15, -0.1) is 0 Å². The smallest absolute Gasteiger partial charge is 0.227 e. The second-order valence-electron chi connectivity index (χ2n) is 4.17. The Hall–Kier alpha value is -0.550. The average molecular weight is 348 g/mol. The summed E-state index contributed by atoms with van der Waals surface area (Å²) in [5.41, 5.74) is 7.08. The number of nitrogens with two attached hydrogens (primary N) is 1. The molecule has 3 nitrogen and oxygen atoms in total. The monoisotopic (exact) mass is 346 g/mol. The van der Waals surface area contributed by atoms with Gasteiger partial charge >= 0.3 is 0 Å². The lowest BCUT2D eigenvalue weighted by Crippen LogP contribution is -2.15. The molecular formula is C11H12Br2N2O. The first-order chi connectivity index (χ1) is 7.49. The Kier molecular flexibility index (Phi) is 3.26. The van der Waals surface area contributed by atoms with Crippen LogP contribution in [0.4, 0.5) is 11.4 Å². The van der Waals surface area contributed by atoms with Gasteiger partial charge < -0.3 is 11.1 Å². The van der Waals surface area contributed by atoms with E-state index in [1.54, 1.807) is 12.1 Å². The summed E-state index contributed by atoms with van der Waals surface area (Å²) >= 11 is 6.77. The number of nitrogen functional groups attached to an aromatic ring is 1. The average Bonchev–Trinajstić information content (AvgIpc) is 2.88. The maximum atomic E-state index is 11.8. The molecule has 0 bridgehead atoms. The molecule has 86 valence electrons. The molecule has 0 radical (unpaired) electrons. The van der Waals surface area contributed by atoms with E-state index in [9.17, 15) is 4.79 Å². The predicted molar refractivity (Wildman–Crippen MR) is 72.2 cm³/mol. The van der Waals surface area contributed by atoms with E-state index in [1.165, 1.54) is 0 Å². The van der Waals surface area contributed by atoms with E-state index in [4.69, 9.17) is 5.73 Å². The Labute approximate surface area is 111 Å². The van der Waals surface area contributed by atoms with Gasteiger partial charge in [-0.2, -0.15) is 0 Å². The molecule has 0 saturated heterocycles. The van der Waals surface area contributed by atoms with Crippen molar-refractivity contribution in [2.45, 2.75) is 13.3 Å². The van der Waals surface area contributed by atoms with E-state index < -0.39 is 0 Å². The number of hydrogen-bond donors (Lipinski definition) is 2. The molecule has 0 spiro atoms. The molecule has 2 atom stereocenters. The van der Waals surface area contributed by atoms with E-state index in [2.05, 4.69) is 44.1 Å². The summed E-state index contributed by atoms with van der Waals surface area (Å²) in [4.78, 5) is 11.8. The van der Waals surface area contributed by atoms with Crippen LogP contribution >= 0.6 is 31.9 Å². The van der Waals surface area contributed by atoms with Crippen molar-refractivity contribution < 1.29 is 4.79 Å². The molecule has 0 aliphatic heterocycles. The standard InChI is InChI=1S/C11H12Br2N2O/c1-5-2-7(5)11(16)15-10-8(12)3-6(14)4-9(10)13/h3-5,7H,2,14H2,1H3,(H,15,16). The lowest BCUT2D eigenvalue weighted by molar-refractivity contribution is -0.117. The van der Waals surface area contributed by atoms with Crippen LogP contribution in [0.5, 0.6) is 0 Å². The van der Waals surface area contributed by atoms with Crippen molar-refractivity contribution in [3.8, 4) is 0 Å². The Morgan fingerprint density at radius 3 is 2.38 bits per heavy atom. The van der Waals surface area contributed by atoms with Crippen LogP contribution in [0.25, 0.3) is 0 Å². The molecule has 1 saturated carbocycles. The summed E-state index contributed by atoms with van der Waals surface area (Å²) in [5, 5.41) is 2.91. The molecule has 1 amide bonds. The van der Waals surface area contributed by atoms with Gasteiger partial charge in [-0.3, -0.25) is 4.79 Å². The van der Waals surface area contributed by atoms with Crippen molar-refractivity contribution >= 4 is 49.1 Å². The van der Waals surface area contributed by atoms with Crippen molar-refractivity contribution in [3.63, 3.8) is 0 Å². The van der Waals surface area contributed by atoms with Gasteiger partial charge in [0.15, 0.2) is 0 Å².